The van der Waals surface area contributed by atoms with E-state index in [1.807, 2.05) is 6.92 Å². The molecule has 29 heavy (non-hydrogen) atoms. The minimum Gasteiger partial charge on any atom is -0.316 e. The van der Waals surface area contributed by atoms with E-state index in [-0.39, 0.29) is 4.90 Å². The molecule has 2 aromatic heterocycles. The Morgan fingerprint density at radius 1 is 1.10 bits per heavy atom. The van der Waals surface area contributed by atoms with Gasteiger partial charge in [0.1, 0.15) is 6.33 Å². The lowest BCUT2D eigenvalue weighted by Crippen LogP contribution is -2.43. The molecule has 2 atom stereocenters. The molecule has 4 heterocycles. The second kappa shape index (κ2) is 7.08. The van der Waals surface area contributed by atoms with E-state index in [0.717, 1.165) is 44.1 Å². The number of nitrogens with one attached hydrogen (secondary N) is 2. The monoisotopic (exact) mass is 412 g/mol. The zero-order valence-corrected chi connectivity index (χ0v) is 17.1. The number of hydrogen-bond acceptors (Lipinski definition) is 7. The molecule has 3 aromatic rings. The van der Waals surface area contributed by atoms with Gasteiger partial charge in [-0.05, 0) is 56.5 Å². The maximum atomic E-state index is 13.1. The molecule has 0 amide bonds. The van der Waals surface area contributed by atoms with Gasteiger partial charge in [0, 0.05) is 19.3 Å². The zero-order chi connectivity index (χ0) is 20.0. The van der Waals surface area contributed by atoms with Crippen molar-refractivity contribution in [2.75, 3.05) is 31.6 Å². The third kappa shape index (κ3) is 3.29. The lowest BCUT2D eigenvalue weighted by Gasteiger charge is -2.34. The summed E-state index contributed by atoms with van der Waals surface area (Å²) in [6.07, 6.45) is 4.10. The molecule has 2 fully saturated rings. The number of aromatic nitrogens is 3. The van der Waals surface area contributed by atoms with Crippen LogP contribution in [0.25, 0.3) is 11.0 Å². The molecule has 0 bridgehead atoms. The third-order valence-electron chi connectivity index (χ3n) is 5.99. The van der Waals surface area contributed by atoms with Crippen molar-refractivity contribution < 1.29 is 8.42 Å². The van der Waals surface area contributed by atoms with Crippen molar-refractivity contribution in [3.8, 4) is 0 Å². The highest BCUT2D eigenvalue weighted by molar-refractivity contribution is 7.90. The van der Waals surface area contributed by atoms with Crippen LogP contribution in [0.2, 0.25) is 0 Å². The topological polar surface area (TPSA) is 92.2 Å². The number of hydrazine groups is 1. The Labute approximate surface area is 170 Å². The van der Waals surface area contributed by atoms with Crippen LogP contribution in [-0.2, 0) is 10.0 Å². The molecule has 152 valence electrons. The van der Waals surface area contributed by atoms with E-state index >= 15 is 0 Å². The van der Waals surface area contributed by atoms with Gasteiger partial charge in [-0.15, -0.1) is 0 Å². The lowest BCUT2D eigenvalue weighted by atomic mass is 9.89. The average molecular weight is 413 g/mol. The zero-order valence-electron chi connectivity index (χ0n) is 16.2. The first-order chi connectivity index (χ1) is 14.0. The molecule has 0 aliphatic carbocycles. The molecule has 0 saturated carbocycles. The maximum absolute atomic E-state index is 13.1. The number of nitrogens with zero attached hydrogens (tertiary/aromatic N) is 4. The molecule has 0 radical (unpaired) electrons. The third-order valence-corrected chi connectivity index (χ3v) is 7.67. The fourth-order valence-corrected chi connectivity index (χ4v) is 5.62. The summed E-state index contributed by atoms with van der Waals surface area (Å²) in [5.41, 5.74) is 4.78. The number of rotatable bonds is 4. The smallest absolute Gasteiger partial charge is 0.269 e. The van der Waals surface area contributed by atoms with Gasteiger partial charge in [0.2, 0.25) is 0 Å². The second-order valence-corrected chi connectivity index (χ2v) is 9.73. The highest BCUT2D eigenvalue weighted by atomic mass is 32.2. The summed E-state index contributed by atoms with van der Waals surface area (Å²) >= 11 is 0. The van der Waals surface area contributed by atoms with Gasteiger partial charge in [-0.3, -0.25) is 0 Å². The minimum absolute atomic E-state index is 0.240. The molecule has 2 N–H and O–H groups in total. The van der Waals surface area contributed by atoms with Crippen molar-refractivity contribution in [3.05, 3.63) is 48.4 Å². The van der Waals surface area contributed by atoms with Crippen LogP contribution in [0.5, 0.6) is 0 Å². The Kier molecular flexibility index (Phi) is 4.53. The van der Waals surface area contributed by atoms with Gasteiger partial charge in [-0.25, -0.2) is 27.4 Å². The summed E-state index contributed by atoms with van der Waals surface area (Å²) in [5, 5.41) is 6.34. The molecular formula is C20H24N6O2S. The fraction of sp³-hybridized carbons (Fsp3) is 0.400. The van der Waals surface area contributed by atoms with Crippen LogP contribution in [0.1, 0.15) is 12.0 Å². The number of piperidine rings is 1. The van der Waals surface area contributed by atoms with E-state index in [4.69, 9.17) is 0 Å². The van der Waals surface area contributed by atoms with E-state index in [1.54, 1.807) is 36.5 Å². The van der Waals surface area contributed by atoms with Gasteiger partial charge in [0.15, 0.2) is 11.5 Å². The fourth-order valence-electron chi connectivity index (χ4n) is 4.32. The first-order valence-corrected chi connectivity index (χ1v) is 11.3. The predicted molar refractivity (Wildman–Crippen MR) is 111 cm³/mol. The standard InChI is InChI=1S/C20H24N6O2S/c1-14-2-4-17(5-3-14)29(27,28)26-9-7-18-19(22-13-23-20(18)26)24-25-8-6-15-10-21-11-16(15)12-25/h2-5,7,9,13,15-16,21H,6,8,10-12H2,1H3,(H,22,23,24). The van der Waals surface area contributed by atoms with Crippen LogP contribution in [0.15, 0.2) is 47.8 Å². The summed E-state index contributed by atoms with van der Waals surface area (Å²) in [7, 11) is -3.72. The lowest BCUT2D eigenvalue weighted by molar-refractivity contribution is 0.176. The molecule has 2 aliphatic rings. The molecular weight excluding hydrogens is 388 g/mol. The van der Waals surface area contributed by atoms with E-state index in [1.165, 1.54) is 10.3 Å². The predicted octanol–water partition coefficient (Wildman–Crippen LogP) is 1.84. The number of fused-ring (bicyclic) bond motifs is 2. The van der Waals surface area contributed by atoms with Crippen LogP contribution in [0.4, 0.5) is 5.82 Å². The molecule has 2 saturated heterocycles. The molecule has 8 nitrogen and oxygen atoms in total. The Balaban J connectivity index is 1.46. The normalized spacial score (nSPS) is 22.7. The Bertz CT molecular complexity index is 1140. The van der Waals surface area contributed by atoms with Crippen molar-refractivity contribution in [2.24, 2.45) is 11.8 Å². The van der Waals surface area contributed by atoms with E-state index in [2.05, 4.69) is 25.7 Å². The van der Waals surface area contributed by atoms with Crippen LogP contribution in [0.3, 0.4) is 0 Å². The van der Waals surface area contributed by atoms with Gasteiger partial charge < -0.3 is 10.7 Å². The second-order valence-electron chi connectivity index (χ2n) is 7.91. The largest absolute Gasteiger partial charge is 0.316 e. The van der Waals surface area contributed by atoms with Gasteiger partial charge in [0.25, 0.3) is 10.0 Å². The summed E-state index contributed by atoms with van der Waals surface area (Å²) in [6, 6.07) is 8.59. The SMILES string of the molecule is Cc1ccc(S(=O)(=O)n2ccc3c(NN4CCC5CNCC5C4)ncnc32)cc1. The molecule has 1 aromatic carbocycles. The maximum Gasteiger partial charge on any atom is 0.269 e. The quantitative estimate of drug-likeness (QED) is 0.676. The number of benzene rings is 1. The van der Waals surface area contributed by atoms with E-state index in [0.29, 0.717) is 22.8 Å². The van der Waals surface area contributed by atoms with Crippen LogP contribution in [0, 0.1) is 18.8 Å². The van der Waals surface area contributed by atoms with E-state index < -0.39 is 10.0 Å². The number of hydrogen-bond donors (Lipinski definition) is 2. The molecule has 2 aliphatic heterocycles. The average Bonchev–Trinajstić information content (AvgIpc) is 3.35. The van der Waals surface area contributed by atoms with Crippen LogP contribution in [-0.4, -0.2) is 53.5 Å². The van der Waals surface area contributed by atoms with Crippen molar-refractivity contribution in [2.45, 2.75) is 18.2 Å². The van der Waals surface area contributed by atoms with Crippen LogP contribution >= 0.6 is 0 Å². The molecule has 0 spiro atoms. The van der Waals surface area contributed by atoms with Gasteiger partial charge >= 0.3 is 0 Å². The van der Waals surface area contributed by atoms with Gasteiger partial charge in [0.05, 0.1) is 10.3 Å². The first kappa shape index (κ1) is 18.5. The van der Waals surface area contributed by atoms with E-state index in [9.17, 15) is 8.42 Å². The molecule has 9 heteroatoms. The van der Waals surface area contributed by atoms with Crippen molar-refractivity contribution >= 4 is 26.9 Å². The Hall–Kier alpha value is -2.49. The van der Waals surface area contributed by atoms with Crippen molar-refractivity contribution in [1.29, 1.82) is 0 Å². The Morgan fingerprint density at radius 3 is 2.72 bits per heavy atom. The van der Waals surface area contributed by atoms with Gasteiger partial charge in [-0.2, -0.15) is 0 Å². The minimum atomic E-state index is -3.72. The summed E-state index contributed by atoms with van der Waals surface area (Å²) < 4.78 is 27.5. The number of aryl methyl sites for hydroxylation is 1. The van der Waals surface area contributed by atoms with Gasteiger partial charge in [-0.1, -0.05) is 17.7 Å². The highest BCUT2D eigenvalue weighted by Crippen LogP contribution is 2.29. The number of anilines is 1. The molecule has 5 rings (SSSR count). The summed E-state index contributed by atoms with van der Waals surface area (Å²) in [6.45, 7) is 5.97. The first-order valence-electron chi connectivity index (χ1n) is 9.89. The summed E-state index contributed by atoms with van der Waals surface area (Å²) in [5.74, 6) is 2.02. The molecule has 2 unspecified atom stereocenters. The summed E-state index contributed by atoms with van der Waals surface area (Å²) in [4.78, 5) is 8.88. The Morgan fingerprint density at radius 2 is 1.90 bits per heavy atom. The van der Waals surface area contributed by atoms with Crippen molar-refractivity contribution in [1.82, 2.24) is 24.3 Å². The van der Waals surface area contributed by atoms with Crippen molar-refractivity contribution in [3.63, 3.8) is 0 Å². The van der Waals surface area contributed by atoms with Crippen LogP contribution < -0.4 is 10.7 Å². The highest BCUT2D eigenvalue weighted by Gasteiger charge is 2.33.